The molecule has 5 N–H and O–H groups in total. The number of nitrogens with zero attached hydrogens (tertiary/aromatic N) is 4. The second-order valence-corrected chi connectivity index (χ2v) is 4.59. The predicted octanol–water partition coefficient (Wildman–Crippen LogP) is -0.433. The van der Waals surface area contributed by atoms with Gasteiger partial charge in [0, 0.05) is 0 Å². The smallest absolute Gasteiger partial charge is 0.335 e. The molecule has 0 saturated heterocycles. The SMILES string of the molecule is C=C([NH3+])[C@H](C#N)C(=O)CSc1nnc(C(F)(F)F)n1N. The van der Waals surface area contributed by atoms with Gasteiger partial charge in [0.25, 0.3) is 5.82 Å². The standard InChI is InChI=1S/C9H9F3N6OS/c1-4(14)5(2-13)6(19)3-20-8-17-16-7(18(8)15)9(10,11)12/h5H,1,3,14-15H2/p+1/t5-/m0/s1. The van der Waals surface area contributed by atoms with Crippen LogP contribution < -0.4 is 11.6 Å². The molecule has 0 aliphatic heterocycles. The number of hydrogen-bond acceptors (Lipinski definition) is 6. The number of rotatable bonds is 5. The van der Waals surface area contributed by atoms with E-state index in [0.29, 0.717) is 11.8 Å². The number of carbonyl (C=O) groups excluding carboxylic acids is 1. The number of thioether (sulfide) groups is 1. The first kappa shape index (κ1) is 16.0. The number of nitrogen functional groups attached to an aromatic ring is 1. The highest BCUT2D eigenvalue weighted by Crippen LogP contribution is 2.29. The molecule has 0 spiro atoms. The van der Waals surface area contributed by atoms with Gasteiger partial charge in [-0.05, 0) is 6.58 Å². The zero-order valence-electron chi connectivity index (χ0n) is 10.0. The van der Waals surface area contributed by atoms with Crippen molar-refractivity contribution in [2.75, 3.05) is 11.6 Å². The molecule has 1 aromatic heterocycles. The van der Waals surface area contributed by atoms with E-state index in [1.165, 1.54) is 0 Å². The zero-order chi connectivity index (χ0) is 15.5. The van der Waals surface area contributed by atoms with Crippen molar-refractivity contribution in [2.24, 2.45) is 5.92 Å². The molecule has 108 valence electrons. The lowest BCUT2D eigenvalue weighted by Crippen LogP contribution is -2.51. The molecule has 0 unspecified atom stereocenters. The van der Waals surface area contributed by atoms with Gasteiger partial charge >= 0.3 is 6.18 Å². The van der Waals surface area contributed by atoms with Crippen LogP contribution in [0.1, 0.15) is 5.82 Å². The third-order valence-electron chi connectivity index (χ3n) is 2.12. The Bertz CT molecular complexity index is 575. The first-order valence-electron chi connectivity index (χ1n) is 5.02. The van der Waals surface area contributed by atoms with Gasteiger partial charge in [-0.1, -0.05) is 11.8 Å². The highest BCUT2D eigenvalue weighted by atomic mass is 32.2. The number of hydrogen-bond donors (Lipinski definition) is 2. The predicted molar refractivity (Wildman–Crippen MR) is 62.0 cm³/mol. The number of Topliss-reactive ketones (excluding diaryl/α,β-unsaturated/α-hetero) is 1. The zero-order valence-corrected chi connectivity index (χ0v) is 10.8. The summed E-state index contributed by atoms with van der Waals surface area (Å²) in [4.78, 5) is 11.6. The number of carbonyl (C=O) groups is 1. The summed E-state index contributed by atoms with van der Waals surface area (Å²) in [6, 6.07) is 1.70. The van der Waals surface area contributed by atoms with E-state index in [-0.39, 0.29) is 21.3 Å². The second-order valence-electron chi connectivity index (χ2n) is 3.65. The summed E-state index contributed by atoms with van der Waals surface area (Å²) in [5, 5.41) is 14.6. The Morgan fingerprint density at radius 3 is 2.60 bits per heavy atom. The van der Waals surface area contributed by atoms with Crippen molar-refractivity contribution in [2.45, 2.75) is 11.3 Å². The summed E-state index contributed by atoms with van der Waals surface area (Å²) >= 11 is 0.648. The highest BCUT2D eigenvalue weighted by molar-refractivity contribution is 7.99. The van der Waals surface area contributed by atoms with Crippen molar-refractivity contribution in [3.05, 3.63) is 18.1 Å². The molecular weight excluding hydrogens is 297 g/mol. The summed E-state index contributed by atoms with van der Waals surface area (Å²) in [5.74, 6) is 1.87. The minimum atomic E-state index is -4.73. The molecule has 1 rings (SSSR count). The van der Waals surface area contributed by atoms with Crippen LogP contribution in [0.15, 0.2) is 17.4 Å². The van der Waals surface area contributed by atoms with Gasteiger partial charge in [-0.25, -0.2) is 4.68 Å². The molecule has 0 radical (unpaired) electrons. The van der Waals surface area contributed by atoms with E-state index in [9.17, 15) is 18.0 Å². The van der Waals surface area contributed by atoms with Crippen molar-refractivity contribution in [3.8, 4) is 6.07 Å². The van der Waals surface area contributed by atoms with E-state index in [4.69, 9.17) is 11.1 Å². The van der Waals surface area contributed by atoms with E-state index in [0.717, 1.165) is 0 Å². The average molecular weight is 307 g/mol. The molecule has 1 heterocycles. The minimum absolute atomic E-state index is 0.114. The van der Waals surface area contributed by atoms with Crippen LogP contribution in [-0.4, -0.2) is 26.4 Å². The minimum Gasteiger partial charge on any atom is -0.335 e. The summed E-state index contributed by atoms with van der Waals surface area (Å²) in [6.45, 7) is 3.39. The molecule has 0 amide bonds. The number of quaternary nitrogens is 1. The number of ketones is 1. The number of alkyl halides is 3. The van der Waals surface area contributed by atoms with Crippen LogP contribution >= 0.6 is 11.8 Å². The lowest BCUT2D eigenvalue weighted by Gasteiger charge is -2.06. The maximum Gasteiger partial charge on any atom is 0.453 e. The van der Waals surface area contributed by atoms with Gasteiger partial charge in [0.05, 0.1) is 11.8 Å². The van der Waals surface area contributed by atoms with E-state index >= 15 is 0 Å². The van der Waals surface area contributed by atoms with E-state index < -0.39 is 23.7 Å². The molecule has 0 saturated carbocycles. The maximum absolute atomic E-state index is 12.4. The lowest BCUT2D eigenvalue weighted by molar-refractivity contribution is -0.309. The van der Waals surface area contributed by atoms with Crippen LogP contribution in [0.5, 0.6) is 0 Å². The van der Waals surface area contributed by atoms with Crippen LogP contribution in [0.2, 0.25) is 0 Å². The van der Waals surface area contributed by atoms with Gasteiger partial charge < -0.3 is 11.6 Å². The van der Waals surface area contributed by atoms with Crippen molar-refractivity contribution in [1.82, 2.24) is 14.9 Å². The summed E-state index contributed by atoms with van der Waals surface area (Å²) in [7, 11) is 0. The molecule has 0 aromatic carbocycles. The molecule has 20 heavy (non-hydrogen) atoms. The number of halogens is 3. The second kappa shape index (κ2) is 5.93. The number of nitriles is 1. The molecule has 0 bridgehead atoms. The topological polar surface area (TPSA) is 125 Å². The van der Waals surface area contributed by atoms with Gasteiger partial charge in [0.1, 0.15) is 5.70 Å². The monoisotopic (exact) mass is 307 g/mol. The quantitative estimate of drug-likeness (QED) is 0.561. The summed E-state index contributed by atoms with van der Waals surface area (Å²) in [6.07, 6.45) is -4.73. The Morgan fingerprint density at radius 2 is 2.20 bits per heavy atom. The van der Waals surface area contributed by atoms with Crippen LogP contribution in [0.25, 0.3) is 0 Å². The molecule has 1 atom stereocenters. The summed E-state index contributed by atoms with van der Waals surface area (Å²) in [5.41, 5.74) is 3.50. The molecule has 0 aliphatic carbocycles. The molecule has 11 heteroatoms. The summed E-state index contributed by atoms with van der Waals surface area (Å²) < 4.78 is 37.5. The molecule has 0 fully saturated rings. The largest absolute Gasteiger partial charge is 0.453 e. The Morgan fingerprint density at radius 1 is 1.60 bits per heavy atom. The van der Waals surface area contributed by atoms with Gasteiger partial charge in [-0.3, -0.25) is 4.79 Å². The Hall–Kier alpha value is -2.06. The Labute approximate surface area is 115 Å². The fourth-order valence-electron chi connectivity index (χ4n) is 1.18. The average Bonchev–Trinajstić information content (AvgIpc) is 2.68. The van der Waals surface area contributed by atoms with E-state index in [1.54, 1.807) is 6.07 Å². The Kier molecular flexibility index (Phi) is 4.74. The van der Waals surface area contributed by atoms with Crippen molar-refractivity contribution >= 4 is 17.5 Å². The number of allylic oxidation sites excluding steroid dienone is 1. The van der Waals surface area contributed by atoms with E-state index in [2.05, 4.69) is 22.5 Å². The normalized spacial score (nSPS) is 12.8. The van der Waals surface area contributed by atoms with Crippen molar-refractivity contribution in [3.63, 3.8) is 0 Å². The van der Waals surface area contributed by atoms with Gasteiger partial charge in [-0.15, -0.1) is 10.2 Å². The maximum atomic E-state index is 12.4. The number of nitrogens with two attached hydrogens (primary N) is 1. The van der Waals surface area contributed by atoms with Crippen LogP contribution in [-0.2, 0) is 11.0 Å². The van der Waals surface area contributed by atoms with Gasteiger partial charge in [0.15, 0.2) is 11.7 Å². The molecular formula is C9H10F3N6OS+. The van der Waals surface area contributed by atoms with E-state index in [1.807, 2.05) is 0 Å². The fourth-order valence-corrected chi connectivity index (χ4v) is 1.94. The van der Waals surface area contributed by atoms with Gasteiger partial charge in [-0.2, -0.15) is 18.4 Å². The highest BCUT2D eigenvalue weighted by Gasteiger charge is 2.38. The third-order valence-corrected chi connectivity index (χ3v) is 3.09. The third kappa shape index (κ3) is 3.49. The van der Waals surface area contributed by atoms with Crippen molar-refractivity contribution < 1.29 is 23.7 Å². The Balaban J connectivity index is 2.78. The first-order chi connectivity index (χ1) is 9.18. The fraction of sp³-hybridized carbons (Fsp3) is 0.333. The first-order valence-corrected chi connectivity index (χ1v) is 6.00. The van der Waals surface area contributed by atoms with Crippen LogP contribution in [0.4, 0.5) is 13.2 Å². The van der Waals surface area contributed by atoms with Crippen LogP contribution in [0, 0.1) is 17.2 Å². The number of aromatic nitrogens is 3. The molecule has 0 aliphatic rings. The van der Waals surface area contributed by atoms with Gasteiger partial charge in [0.2, 0.25) is 5.16 Å². The molecule has 1 aromatic rings. The molecule has 7 nitrogen and oxygen atoms in total. The van der Waals surface area contributed by atoms with Crippen LogP contribution in [0.3, 0.4) is 0 Å². The lowest BCUT2D eigenvalue weighted by atomic mass is 10.1. The van der Waals surface area contributed by atoms with Crippen molar-refractivity contribution in [1.29, 1.82) is 5.26 Å².